The lowest BCUT2D eigenvalue weighted by Crippen LogP contribution is -2.52. The maximum atomic E-state index is 13.4. The molecule has 0 unspecified atom stereocenters. The van der Waals surface area contributed by atoms with Crippen LogP contribution in [0.2, 0.25) is 10.0 Å². The highest BCUT2D eigenvalue weighted by atomic mass is 35.5. The van der Waals surface area contributed by atoms with Crippen LogP contribution in [0.4, 0.5) is 0 Å². The topological polar surface area (TPSA) is 78.4 Å². The summed E-state index contributed by atoms with van der Waals surface area (Å²) in [5, 5.41) is 13.6. The van der Waals surface area contributed by atoms with Gasteiger partial charge in [0.25, 0.3) is 0 Å². The van der Waals surface area contributed by atoms with E-state index in [-0.39, 0.29) is 24.3 Å². The van der Waals surface area contributed by atoms with Crippen LogP contribution in [0.3, 0.4) is 0 Å². The first-order valence-electron chi connectivity index (χ1n) is 10.1. The number of nitrogens with one attached hydrogen (secondary N) is 2. The fourth-order valence-electron chi connectivity index (χ4n) is 4.68. The quantitative estimate of drug-likeness (QED) is 0.430. The molecule has 2 amide bonds. The zero-order valence-electron chi connectivity index (χ0n) is 16.4. The van der Waals surface area contributed by atoms with Gasteiger partial charge in [0.15, 0.2) is 0 Å². The van der Waals surface area contributed by atoms with E-state index in [0.717, 1.165) is 24.0 Å². The van der Waals surface area contributed by atoms with Gasteiger partial charge in [-0.1, -0.05) is 60.3 Å². The molecule has 1 aliphatic carbocycles. The Labute approximate surface area is 185 Å². The second-order valence-electron chi connectivity index (χ2n) is 8.51. The average Bonchev–Trinajstić information content (AvgIpc) is 3.54. The first-order chi connectivity index (χ1) is 14.4. The molecule has 0 spiro atoms. The summed E-state index contributed by atoms with van der Waals surface area (Å²) < 4.78 is 0. The van der Waals surface area contributed by atoms with Crippen LogP contribution in [0.15, 0.2) is 48.5 Å². The fraction of sp³-hybridized carbons (Fsp3) is 0.391. The molecule has 2 fully saturated rings. The van der Waals surface area contributed by atoms with Crippen molar-refractivity contribution >= 4 is 35.0 Å². The zero-order chi connectivity index (χ0) is 21.3. The molecule has 2 aromatic carbocycles. The van der Waals surface area contributed by atoms with Crippen LogP contribution in [-0.4, -0.2) is 17.0 Å². The van der Waals surface area contributed by atoms with Gasteiger partial charge in [-0.2, -0.15) is 0 Å². The summed E-state index contributed by atoms with van der Waals surface area (Å²) >= 11 is 12.3. The number of rotatable bonds is 6. The molecular weight excluding hydrogens is 423 g/mol. The van der Waals surface area contributed by atoms with E-state index in [1.807, 2.05) is 48.5 Å². The number of halogens is 2. The van der Waals surface area contributed by atoms with Crippen molar-refractivity contribution in [3.05, 3.63) is 69.7 Å². The maximum absolute atomic E-state index is 13.4. The molecule has 7 heteroatoms. The lowest BCUT2D eigenvalue weighted by molar-refractivity contribution is -0.144. The average molecular weight is 447 g/mol. The molecule has 4 rings (SSSR count). The minimum Gasteiger partial charge on any atom is -0.348 e. The summed E-state index contributed by atoms with van der Waals surface area (Å²) in [7, 11) is 0. The predicted molar refractivity (Wildman–Crippen MR) is 115 cm³/mol. The number of hydrogen-bond donors (Lipinski definition) is 3. The van der Waals surface area contributed by atoms with Gasteiger partial charge in [0, 0.05) is 22.4 Å². The first-order valence-corrected chi connectivity index (χ1v) is 10.9. The van der Waals surface area contributed by atoms with Gasteiger partial charge in [0.05, 0.1) is 11.5 Å². The molecule has 1 aliphatic heterocycles. The van der Waals surface area contributed by atoms with Crippen molar-refractivity contribution in [3.8, 4) is 0 Å². The third-order valence-electron chi connectivity index (χ3n) is 6.29. The number of benzene rings is 2. The van der Waals surface area contributed by atoms with Gasteiger partial charge in [-0.05, 0) is 54.2 Å². The third kappa shape index (κ3) is 4.48. The molecule has 1 heterocycles. The van der Waals surface area contributed by atoms with E-state index in [1.165, 1.54) is 0 Å². The van der Waals surface area contributed by atoms with Gasteiger partial charge in [-0.25, -0.2) is 5.48 Å². The van der Waals surface area contributed by atoms with Crippen LogP contribution in [-0.2, 0) is 9.59 Å². The van der Waals surface area contributed by atoms with E-state index in [9.17, 15) is 9.59 Å². The Hall–Kier alpha value is -2.08. The van der Waals surface area contributed by atoms with Crippen molar-refractivity contribution in [1.82, 2.24) is 10.8 Å². The molecular formula is C23H24Cl2N2O3. The van der Waals surface area contributed by atoms with Crippen LogP contribution < -0.4 is 10.8 Å². The molecule has 2 aliphatic rings. The molecule has 2 aromatic rings. The van der Waals surface area contributed by atoms with Crippen molar-refractivity contribution < 1.29 is 14.8 Å². The number of carbonyl (C=O) groups is 2. The van der Waals surface area contributed by atoms with Crippen molar-refractivity contribution in [1.29, 1.82) is 0 Å². The van der Waals surface area contributed by atoms with E-state index >= 15 is 0 Å². The summed E-state index contributed by atoms with van der Waals surface area (Å²) in [6.07, 6.45) is 3.22. The van der Waals surface area contributed by atoms with E-state index in [0.29, 0.717) is 28.8 Å². The normalized spacial score (nSPS) is 26.2. The summed E-state index contributed by atoms with van der Waals surface area (Å²) in [6.45, 7) is 0. The van der Waals surface area contributed by atoms with Gasteiger partial charge in [0.2, 0.25) is 11.8 Å². The summed E-state index contributed by atoms with van der Waals surface area (Å²) in [4.78, 5) is 25.5. The Morgan fingerprint density at radius 3 is 2.47 bits per heavy atom. The molecule has 3 N–H and O–H groups in total. The van der Waals surface area contributed by atoms with Crippen LogP contribution >= 0.6 is 23.2 Å². The largest absolute Gasteiger partial charge is 0.348 e. The Kier molecular flexibility index (Phi) is 6.05. The monoisotopic (exact) mass is 446 g/mol. The van der Waals surface area contributed by atoms with Gasteiger partial charge < -0.3 is 5.32 Å². The zero-order valence-corrected chi connectivity index (χ0v) is 17.9. The van der Waals surface area contributed by atoms with Crippen LogP contribution in [0.25, 0.3) is 0 Å². The first kappa shape index (κ1) is 21.2. The van der Waals surface area contributed by atoms with E-state index < -0.39 is 11.3 Å². The molecule has 5 nitrogen and oxygen atoms in total. The summed E-state index contributed by atoms with van der Waals surface area (Å²) in [5.74, 6) is -0.320. The van der Waals surface area contributed by atoms with E-state index in [2.05, 4.69) is 5.32 Å². The van der Waals surface area contributed by atoms with Gasteiger partial charge >= 0.3 is 0 Å². The predicted octanol–water partition coefficient (Wildman–Crippen LogP) is 5.02. The fourth-order valence-corrected chi connectivity index (χ4v) is 5.01. The van der Waals surface area contributed by atoms with Crippen LogP contribution in [0.5, 0.6) is 0 Å². The highest BCUT2D eigenvalue weighted by Gasteiger charge is 2.51. The van der Waals surface area contributed by atoms with Crippen molar-refractivity contribution in [2.24, 2.45) is 11.3 Å². The number of piperidine rings is 1. The summed E-state index contributed by atoms with van der Waals surface area (Å²) in [6, 6.07) is 14.8. The number of hydroxylamine groups is 1. The maximum Gasteiger partial charge on any atom is 0.244 e. The van der Waals surface area contributed by atoms with Crippen LogP contribution in [0, 0.1) is 11.3 Å². The Balaban J connectivity index is 1.75. The highest BCUT2D eigenvalue weighted by Crippen LogP contribution is 2.52. The van der Waals surface area contributed by atoms with Gasteiger partial charge in [0.1, 0.15) is 0 Å². The van der Waals surface area contributed by atoms with Crippen molar-refractivity contribution in [3.63, 3.8) is 0 Å². The van der Waals surface area contributed by atoms with Crippen molar-refractivity contribution in [2.75, 3.05) is 0 Å². The van der Waals surface area contributed by atoms with E-state index in [1.54, 1.807) is 5.48 Å². The molecule has 0 radical (unpaired) electrons. The minimum absolute atomic E-state index is 0.0454. The Morgan fingerprint density at radius 2 is 1.83 bits per heavy atom. The second kappa shape index (κ2) is 8.58. The van der Waals surface area contributed by atoms with E-state index in [4.69, 9.17) is 28.4 Å². The van der Waals surface area contributed by atoms with Gasteiger partial charge in [-0.15, -0.1) is 0 Å². The third-order valence-corrected chi connectivity index (χ3v) is 6.77. The molecule has 0 aromatic heterocycles. The summed E-state index contributed by atoms with van der Waals surface area (Å²) in [5.41, 5.74) is 2.79. The highest BCUT2D eigenvalue weighted by molar-refractivity contribution is 6.30. The minimum atomic E-state index is -0.871. The molecule has 3 atom stereocenters. The van der Waals surface area contributed by atoms with Crippen molar-refractivity contribution in [2.45, 2.75) is 44.1 Å². The Morgan fingerprint density at radius 1 is 1.10 bits per heavy atom. The molecule has 158 valence electrons. The second-order valence-corrected chi connectivity index (χ2v) is 9.38. The SMILES string of the molecule is O=C(C[C@@]1(CC2CC2)C[C@H](c2cccc(Cl)c2)[C@@H](c2ccc(Cl)cc2)NC1=O)NO. The number of carbonyl (C=O) groups excluding carboxylic acids is 2. The Bertz CT molecular complexity index is 946. The molecule has 0 bridgehead atoms. The molecule has 1 saturated carbocycles. The molecule has 30 heavy (non-hydrogen) atoms. The number of hydrogen-bond acceptors (Lipinski definition) is 3. The lowest BCUT2D eigenvalue weighted by atomic mass is 9.65. The smallest absolute Gasteiger partial charge is 0.244 e. The lowest BCUT2D eigenvalue weighted by Gasteiger charge is -2.44. The molecule has 1 saturated heterocycles. The van der Waals surface area contributed by atoms with Gasteiger partial charge in [-0.3, -0.25) is 14.8 Å². The van der Waals surface area contributed by atoms with Crippen LogP contribution in [0.1, 0.15) is 55.2 Å². The standard InChI is InChI=1S/C23H24Cl2N2O3/c24-17-8-6-15(7-9-17)21-19(16-2-1-3-18(25)10-16)12-23(22(29)26-21,11-14-4-5-14)13-20(28)27-30/h1-3,6-10,14,19,21,30H,4-5,11-13H2,(H,26,29)(H,27,28)/t19-,21-,23-/m1/s1. The number of amides is 2.